The first-order valence-electron chi connectivity index (χ1n) is 6.36. The van der Waals surface area contributed by atoms with Crippen molar-refractivity contribution < 1.29 is 8.42 Å². The zero-order chi connectivity index (χ0) is 14.6. The quantitative estimate of drug-likeness (QED) is 0.836. The predicted molar refractivity (Wildman–Crippen MR) is 73.3 cm³/mol. The topological polar surface area (TPSA) is 104 Å². The molecule has 8 heteroatoms. The van der Waals surface area contributed by atoms with Gasteiger partial charge in [-0.25, -0.2) is 13.6 Å². The first-order valence-corrected chi connectivity index (χ1v) is 7.90. The monoisotopic (exact) mass is 295 g/mol. The van der Waals surface area contributed by atoms with Crippen molar-refractivity contribution in [3.63, 3.8) is 0 Å². The summed E-state index contributed by atoms with van der Waals surface area (Å²) in [4.78, 5) is 3.95. The number of pyridine rings is 1. The van der Waals surface area contributed by atoms with Gasteiger partial charge in [-0.15, -0.1) is 10.2 Å². The summed E-state index contributed by atoms with van der Waals surface area (Å²) in [6, 6.07) is 3.84. The molecule has 0 bridgehead atoms. The lowest BCUT2D eigenvalue weighted by atomic mass is 10.1. The van der Waals surface area contributed by atoms with Gasteiger partial charge >= 0.3 is 0 Å². The third-order valence-corrected chi connectivity index (χ3v) is 3.69. The number of hydrogen-bond donors (Lipinski definition) is 1. The van der Waals surface area contributed by atoms with Crippen molar-refractivity contribution in [3.05, 3.63) is 35.9 Å². The molecule has 2 aromatic heterocycles. The lowest BCUT2D eigenvalue weighted by Gasteiger charge is -2.07. The number of nitrogens with two attached hydrogens (primary N) is 1. The molecular formula is C12H17N5O2S. The van der Waals surface area contributed by atoms with E-state index >= 15 is 0 Å². The van der Waals surface area contributed by atoms with Gasteiger partial charge in [0.05, 0.1) is 0 Å². The second-order valence-electron chi connectivity index (χ2n) is 4.45. The Kier molecular flexibility index (Phi) is 4.46. The Balaban J connectivity index is 2.22. The van der Waals surface area contributed by atoms with Crippen LogP contribution in [0.1, 0.15) is 24.7 Å². The standard InChI is InChI=1S/C12H17N5O2S/c1-2-9-17-11(15-16-12(17)20(13,18)19)4-3-10-5-7-14-8-6-10/h5-8H,2-4,9H2,1H3,(H2,13,18,19). The van der Waals surface area contributed by atoms with Crippen LogP contribution >= 0.6 is 0 Å². The summed E-state index contributed by atoms with van der Waals surface area (Å²) in [5.74, 6) is 0.632. The van der Waals surface area contributed by atoms with E-state index in [4.69, 9.17) is 5.14 Å². The molecule has 0 spiro atoms. The van der Waals surface area contributed by atoms with Gasteiger partial charge in [0.2, 0.25) is 0 Å². The van der Waals surface area contributed by atoms with E-state index in [0.29, 0.717) is 18.8 Å². The Labute approximate surface area is 117 Å². The minimum absolute atomic E-state index is 0.163. The molecule has 0 radical (unpaired) electrons. The maximum Gasteiger partial charge on any atom is 0.273 e. The summed E-state index contributed by atoms with van der Waals surface area (Å²) in [7, 11) is -3.84. The van der Waals surface area contributed by atoms with Crippen LogP contribution in [0.5, 0.6) is 0 Å². The molecular weight excluding hydrogens is 278 g/mol. The van der Waals surface area contributed by atoms with E-state index in [1.54, 1.807) is 17.0 Å². The molecule has 0 atom stereocenters. The normalized spacial score (nSPS) is 11.7. The summed E-state index contributed by atoms with van der Waals surface area (Å²) >= 11 is 0. The number of sulfonamides is 1. The molecule has 0 amide bonds. The molecule has 0 aliphatic heterocycles. The number of aryl methyl sites for hydroxylation is 2. The van der Waals surface area contributed by atoms with Crippen LogP contribution in [0.3, 0.4) is 0 Å². The molecule has 2 aromatic rings. The van der Waals surface area contributed by atoms with E-state index in [9.17, 15) is 8.42 Å². The highest BCUT2D eigenvalue weighted by molar-refractivity contribution is 7.89. The number of aromatic nitrogens is 4. The van der Waals surface area contributed by atoms with Gasteiger partial charge in [0.15, 0.2) is 0 Å². The molecule has 0 aliphatic carbocycles. The minimum Gasteiger partial charge on any atom is -0.301 e. The molecule has 0 fully saturated rings. The fourth-order valence-corrected chi connectivity index (χ4v) is 2.63. The molecule has 0 unspecified atom stereocenters. The Morgan fingerprint density at radius 3 is 2.50 bits per heavy atom. The summed E-state index contributed by atoms with van der Waals surface area (Å²) in [6.07, 6.45) is 5.58. The Hall–Kier alpha value is -1.80. The van der Waals surface area contributed by atoms with Crippen LogP contribution in [0.15, 0.2) is 29.7 Å². The van der Waals surface area contributed by atoms with Gasteiger partial charge in [0.25, 0.3) is 15.2 Å². The van der Waals surface area contributed by atoms with Gasteiger partial charge in [-0.05, 0) is 30.5 Å². The van der Waals surface area contributed by atoms with Gasteiger partial charge < -0.3 is 4.57 Å². The molecule has 2 rings (SSSR count). The summed E-state index contributed by atoms with van der Waals surface area (Å²) < 4.78 is 24.5. The fourth-order valence-electron chi connectivity index (χ4n) is 1.97. The molecule has 108 valence electrons. The third-order valence-electron chi connectivity index (χ3n) is 2.88. The van der Waals surface area contributed by atoms with Crippen molar-refractivity contribution >= 4 is 10.0 Å². The fraction of sp³-hybridized carbons (Fsp3) is 0.417. The van der Waals surface area contributed by atoms with Crippen LogP contribution < -0.4 is 5.14 Å². The van der Waals surface area contributed by atoms with Crippen LogP contribution in [0.2, 0.25) is 0 Å². The zero-order valence-corrected chi connectivity index (χ0v) is 12.0. The maximum absolute atomic E-state index is 11.5. The van der Waals surface area contributed by atoms with Crippen molar-refractivity contribution in [2.75, 3.05) is 0 Å². The van der Waals surface area contributed by atoms with Gasteiger partial charge in [-0.3, -0.25) is 4.98 Å². The molecule has 0 aromatic carbocycles. The lowest BCUT2D eigenvalue weighted by molar-refractivity contribution is 0.546. The minimum atomic E-state index is -3.84. The molecule has 2 N–H and O–H groups in total. The molecule has 0 saturated carbocycles. The van der Waals surface area contributed by atoms with Crippen molar-refractivity contribution in [3.8, 4) is 0 Å². The first-order chi connectivity index (χ1) is 9.52. The van der Waals surface area contributed by atoms with E-state index in [0.717, 1.165) is 18.4 Å². The molecule has 7 nitrogen and oxygen atoms in total. The van der Waals surface area contributed by atoms with Crippen LogP contribution in [-0.2, 0) is 29.4 Å². The first kappa shape index (κ1) is 14.6. The largest absolute Gasteiger partial charge is 0.301 e. The lowest BCUT2D eigenvalue weighted by Crippen LogP contribution is -2.19. The van der Waals surface area contributed by atoms with Gasteiger partial charge in [-0.1, -0.05) is 6.92 Å². The van der Waals surface area contributed by atoms with Crippen molar-refractivity contribution in [1.29, 1.82) is 0 Å². The molecule has 20 heavy (non-hydrogen) atoms. The zero-order valence-electron chi connectivity index (χ0n) is 11.2. The van der Waals surface area contributed by atoms with E-state index in [1.165, 1.54) is 0 Å². The van der Waals surface area contributed by atoms with E-state index in [-0.39, 0.29) is 5.16 Å². The Morgan fingerprint density at radius 1 is 1.20 bits per heavy atom. The van der Waals surface area contributed by atoms with Gasteiger partial charge in [0, 0.05) is 25.4 Å². The van der Waals surface area contributed by atoms with Crippen LogP contribution in [-0.4, -0.2) is 28.2 Å². The number of nitrogens with zero attached hydrogens (tertiary/aromatic N) is 4. The number of primary sulfonamides is 1. The van der Waals surface area contributed by atoms with E-state index < -0.39 is 10.0 Å². The van der Waals surface area contributed by atoms with Crippen molar-refractivity contribution in [2.45, 2.75) is 37.9 Å². The third kappa shape index (κ3) is 3.40. The van der Waals surface area contributed by atoms with E-state index in [1.807, 2.05) is 19.1 Å². The highest BCUT2D eigenvalue weighted by Gasteiger charge is 2.20. The SMILES string of the molecule is CCCn1c(CCc2ccncc2)nnc1S(N)(=O)=O. The summed E-state index contributed by atoms with van der Waals surface area (Å²) in [5.41, 5.74) is 1.11. The van der Waals surface area contributed by atoms with E-state index in [2.05, 4.69) is 15.2 Å². The van der Waals surface area contributed by atoms with Gasteiger partial charge in [-0.2, -0.15) is 0 Å². The van der Waals surface area contributed by atoms with Crippen LogP contribution in [0.4, 0.5) is 0 Å². The highest BCUT2D eigenvalue weighted by Crippen LogP contribution is 2.11. The average molecular weight is 295 g/mol. The van der Waals surface area contributed by atoms with Crippen molar-refractivity contribution in [2.24, 2.45) is 5.14 Å². The summed E-state index contributed by atoms with van der Waals surface area (Å²) in [6.45, 7) is 2.49. The molecule has 0 saturated heterocycles. The predicted octanol–water partition coefficient (Wildman–Crippen LogP) is 0.516. The maximum atomic E-state index is 11.5. The molecule has 0 aliphatic rings. The Bertz CT molecular complexity index is 666. The number of rotatable bonds is 6. The van der Waals surface area contributed by atoms with Crippen LogP contribution in [0, 0.1) is 0 Å². The van der Waals surface area contributed by atoms with Crippen molar-refractivity contribution in [1.82, 2.24) is 19.7 Å². The Morgan fingerprint density at radius 2 is 1.90 bits per heavy atom. The summed E-state index contributed by atoms with van der Waals surface area (Å²) in [5, 5.41) is 12.6. The second-order valence-corrected chi connectivity index (χ2v) is 5.91. The van der Waals surface area contributed by atoms with Crippen LogP contribution in [0.25, 0.3) is 0 Å². The number of hydrogen-bond acceptors (Lipinski definition) is 5. The molecule has 2 heterocycles. The average Bonchev–Trinajstić information content (AvgIpc) is 2.81. The van der Waals surface area contributed by atoms with Gasteiger partial charge in [0.1, 0.15) is 5.82 Å². The second kappa shape index (κ2) is 6.10. The smallest absolute Gasteiger partial charge is 0.273 e. The highest BCUT2D eigenvalue weighted by atomic mass is 32.2.